The van der Waals surface area contributed by atoms with Crippen LogP contribution in [-0.4, -0.2) is 17.0 Å². The molecular weight excluding hydrogens is 430 g/mol. The molecule has 0 bridgehead atoms. The Morgan fingerprint density at radius 2 is 1.26 bits per heavy atom. The zero-order valence-corrected chi connectivity index (χ0v) is 14.4. The maximum absolute atomic E-state index is 10.8. The van der Waals surface area contributed by atoms with E-state index in [9.17, 15) is 9.59 Å². The molecule has 124 valence electrons. The zero-order valence-electron chi connectivity index (χ0n) is 11.2. The van der Waals surface area contributed by atoms with E-state index in [1.165, 1.54) is 0 Å². The first-order chi connectivity index (χ1) is 10.3. The summed E-state index contributed by atoms with van der Waals surface area (Å²) in [6.07, 6.45) is 0. The second kappa shape index (κ2) is 9.16. The Kier molecular flexibility index (Phi) is 8.34. The van der Waals surface area contributed by atoms with Gasteiger partial charge < -0.3 is 22.3 Å². The van der Waals surface area contributed by atoms with Crippen LogP contribution in [0.5, 0.6) is 0 Å². The Labute approximate surface area is 150 Å². The molecule has 0 spiro atoms. The molecule has 2 aromatic rings. The van der Waals surface area contributed by atoms with Gasteiger partial charge in [-0.15, -0.1) is 0 Å². The van der Waals surface area contributed by atoms with Gasteiger partial charge in [0.25, 0.3) is 5.91 Å². The number of aromatic carboxylic acids is 1. The largest absolute Gasteiger partial charge is 0.478 e. The summed E-state index contributed by atoms with van der Waals surface area (Å²) in [5.74, 6) is -1.54. The monoisotopic (exact) mass is 445 g/mol. The molecule has 0 aliphatic heterocycles. The molecule has 8 heteroatoms. The van der Waals surface area contributed by atoms with Crippen molar-refractivity contribution < 1.29 is 14.7 Å². The van der Waals surface area contributed by atoms with E-state index in [0.29, 0.717) is 20.2 Å². The number of halogens is 2. The molecule has 0 heterocycles. The van der Waals surface area contributed by atoms with E-state index in [4.69, 9.17) is 22.3 Å². The quantitative estimate of drug-likeness (QED) is 0.524. The van der Waals surface area contributed by atoms with Crippen molar-refractivity contribution in [2.45, 2.75) is 7.43 Å². The van der Waals surface area contributed by atoms with Crippen molar-refractivity contribution >= 4 is 55.1 Å². The number of primary amides is 1. The Hall–Kier alpha value is -2.06. The van der Waals surface area contributed by atoms with E-state index in [1.807, 2.05) is 0 Å². The summed E-state index contributed by atoms with van der Waals surface area (Å²) in [5.41, 5.74) is 17.1. The van der Waals surface area contributed by atoms with Crippen LogP contribution in [0, 0.1) is 0 Å². The van der Waals surface area contributed by atoms with Gasteiger partial charge in [-0.1, -0.05) is 19.6 Å². The van der Waals surface area contributed by atoms with E-state index in [1.54, 1.807) is 36.4 Å². The fourth-order valence-corrected chi connectivity index (χ4v) is 2.70. The lowest BCUT2D eigenvalue weighted by Gasteiger charge is -2.02. The van der Waals surface area contributed by atoms with E-state index >= 15 is 0 Å². The standard InChI is InChI=1S/C7H7BrN2O.C7H6BrNO2.CH4/c2*8-4-2-1-3-5(9)6(4)7(10)11;/h1-3H,9H2,(H2,10,11);1-3H,9H2,(H,10,11);1H4. The molecule has 0 fully saturated rings. The van der Waals surface area contributed by atoms with Crippen molar-refractivity contribution in [3.8, 4) is 0 Å². The van der Waals surface area contributed by atoms with Crippen LogP contribution in [0.3, 0.4) is 0 Å². The van der Waals surface area contributed by atoms with Crippen LogP contribution in [0.15, 0.2) is 45.3 Å². The topological polar surface area (TPSA) is 132 Å². The predicted octanol–water partition coefficient (Wildman–Crippen LogP) is 3.50. The number of nitrogens with two attached hydrogens (primary N) is 3. The van der Waals surface area contributed by atoms with Gasteiger partial charge in [0, 0.05) is 20.3 Å². The van der Waals surface area contributed by atoms with E-state index < -0.39 is 11.9 Å². The lowest BCUT2D eigenvalue weighted by molar-refractivity contribution is 0.0697. The fourth-order valence-electron chi connectivity index (χ4n) is 1.57. The van der Waals surface area contributed by atoms with Crippen LogP contribution in [0.1, 0.15) is 28.1 Å². The minimum Gasteiger partial charge on any atom is -0.478 e. The second-order valence-electron chi connectivity index (χ2n) is 4.08. The zero-order chi connectivity index (χ0) is 16.9. The van der Waals surface area contributed by atoms with Crippen molar-refractivity contribution in [1.29, 1.82) is 0 Å². The average Bonchev–Trinajstić information content (AvgIpc) is 2.38. The first-order valence-electron chi connectivity index (χ1n) is 5.86. The van der Waals surface area contributed by atoms with Gasteiger partial charge in [-0.05, 0) is 56.1 Å². The molecule has 0 aliphatic rings. The molecule has 0 saturated carbocycles. The van der Waals surface area contributed by atoms with Crippen molar-refractivity contribution in [3.63, 3.8) is 0 Å². The van der Waals surface area contributed by atoms with E-state index in [-0.39, 0.29) is 18.7 Å². The Bertz CT molecular complexity index is 619. The average molecular weight is 447 g/mol. The Morgan fingerprint density at radius 3 is 1.48 bits per heavy atom. The van der Waals surface area contributed by atoms with Crippen LogP contribution in [-0.2, 0) is 0 Å². The minimum absolute atomic E-state index is 0. The molecule has 0 saturated heterocycles. The van der Waals surface area contributed by atoms with Gasteiger partial charge in [0.1, 0.15) is 0 Å². The third-order valence-electron chi connectivity index (χ3n) is 2.55. The van der Waals surface area contributed by atoms with Crippen molar-refractivity contribution in [1.82, 2.24) is 0 Å². The molecule has 0 unspecified atom stereocenters. The van der Waals surface area contributed by atoms with Gasteiger partial charge in [0.15, 0.2) is 0 Å². The molecule has 1 amide bonds. The molecule has 0 aliphatic carbocycles. The van der Waals surface area contributed by atoms with E-state index in [0.717, 1.165) is 0 Å². The molecule has 0 aromatic heterocycles. The number of hydrogen-bond acceptors (Lipinski definition) is 4. The van der Waals surface area contributed by atoms with Crippen molar-refractivity contribution in [2.75, 3.05) is 11.5 Å². The predicted molar refractivity (Wildman–Crippen MR) is 99.3 cm³/mol. The van der Waals surface area contributed by atoms with Gasteiger partial charge in [-0.25, -0.2) is 4.79 Å². The van der Waals surface area contributed by atoms with E-state index in [2.05, 4.69) is 31.9 Å². The third kappa shape index (κ3) is 5.57. The second-order valence-corrected chi connectivity index (χ2v) is 5.79. The molecular formula is C15H17Br2N3O3. The molecule has 0 radical (unpaired) electrons. The Morgan fingerprint density at radius 1 is 0.870 bits per heavy atom. The summed E-state index contributed by atoms with van der Waals surface area (Å²) in [6, 6.07) is 9.97. The number of carbonyl (C=O) groups is 2. The number of benzene rings is 2. The van der Waals surface area contributed by atoms with Crippen molar-refractivity contribution in [2.24, 2.45) is 5.73 Å². The van der Waals surface area contributed by atoms with Gasteiger partial charge >= 0.3 is 5.97 Å². The summed E-state index contributed by atoms with van der Waals surface area (Å²) in [7, 11) is 0. The summed E-state index contributed by atoms with van der Waals surface area (Å²) in [5, 5.41) is 8.64. The molecule has 23 heavy (non-hydrogen) atoms. The molecule has 2 aromatic carbocycles. The normalized spacial score (nSPS) is 9.13. The molecule has 7 N–H and O–H groups in total. The maximum Gasteiger partial charge on any atom is 0.338 e. The summed E-state index contributed by atoms with van der Waals surface area (Å²) in [6.45, 7) is 0. The van der Waals surface area contributed by atoms with Gasteiger partial charge in [0.05, 0.1) is 11.1 Å². The number of carboxylic acid groups (broad SMARTS) is 1. The molecule has 6 nitrogen and oxygen atoms in total. The number of carboxylic acids is 1. The first-order valence-corrected chi connectivity index (χ1v) is 7.45. The van der Waals surface area contributed by atoms with Crippen molar-refractivity contribution in [3.05, 3.63) is 56.5 Å². The van der Waals surface area contributed by atoms with Crippen LogP contribution >= 0.6 is 31.9 Å². The lowest BCUT2D eigenvalue weighted by atomic mass is 10.2. The smallest absolute Gasteiger partial charge is 0.338 e. The number of nitrogen functional groups attached to an aromatic ring is 2. The SMILES string of the molecule is C.NC(=O)c1c(N)cccc1Br.Nc1cccc(Br)c1C(=O)O. The number of rotatable bonds is 2. The number of anilines is 2. The van der Waals surface area contributed by atoms with Gasteiger partial charge in [-0.2, -0.15) is 0 Å². The number of carbonyl (C=O) groups excluding carboxylic acids is 1. The highest BCUT2D eigenvalue weighted by Crippen LogP contribution is 2.22. The first kappa shape index (κ1) is 20.9. The summed E-state index contributed by atoms with van der Waals surface area (Å²) < 4.78 is 1.13. The van der Waals surface area contributed by atoms with Crippen LogP contribution in [0.4, 0.5) is 11.4 Å². The minimum atomic E-state index is -1.02. The Balaban J connectivity index is 0.000000403. The molecule has 0 atom stereocenters. The van der Waals surface area contributed by atoms with Crippen LogP contribution < -0.4 is 17.2 Å². The lowest BCUT2D eigenvalue weighted by Crippen LogP contribution is -2.14. The van der Waals surface area contributed by atoms with Crippen LogP contribution in [0.2, 0.25) is 0 Å². The highest BCUT2D eigenvalue weighted by atomic mass is 79.9. The van der Waals surface area contributed by atoms with Gasteiger partial charge in [0.2, 0.25) is 0 Å². The third-order valence-corrected chi connectivity index (χ3v) is 3.87. The number of hydrogen-bond donors (Lipinski definition) is 4. The maximum atomic E-state index is 10.8. The highest BCUT2D eigenvalue weighted by molar-refractivity contribution is 9.10. The van der Waals surface area contributed by atoms with Gasteiger partial charge in [-0.3, -0.25) is 4.79 Å². The fraction of sp³-hybridized carbons (Fsp3) is 0.0667. The number of amides is 1. The highest BCUT2D eigenvalue weighted by Gasteiger charge is 2.10. The van der Waals surface area contributed by atoms with Crippen LogP contribution in [0.25, 0.3) is 0 Å². The summed E-state index contributed by atoms with van der Waals surface area (Å²) >= 11 is 6.25. The molecule has 2 rings (SSSR count). The summed E-state index contributed by atoms with van der Waals surface area (Å²) in [4.78, 5) is 21.3.